The van der Waals surface area contributed by atoms with E-state index in [1.165, 1.54) is 57.8 Å². The van der Waals surface area contributed by atoms with Gasteiger partial charge in [0.25, 0.3) is 0 Å². The molecular weight excluding hydrogens is 358 g/mol. The van der Waals surface area contributed by atoms with E-state index in [4.69, 9.17) is 15.0 Å². The smallest absolute Gasteiger partial charge is 0.367 e. The molecule has 0 saturated heterocycles. The van der Waals surface area contributed by atoms with E-state index in [9.17, 15) is 13.2 Å². The van der Waals surface area contributed by atoms with Crippen LogP contribution >= 0.6 is 0 Å². The molecule has 0 aliphatic heterocycles. The van der Waals surface area contributed by atoms with Gasteiger partial charge in [0.2, 0.25) is 5.91 Å². The van der Waals surface area contributed by atoms with Gasteiger partial charge in [-0.3, -0.25) is 9.35 Å². The van der Waals surface area contributed by atoms with Gasteiger partial charge >= 0.3 is 10.4 Å². The zero-order valence-electron chi connectivity index (χ0n) is 16.2. The molecule has 156 valence electrons. The van der Waals surface area contributed by atoms with Crippen LogP contribution in [-0.4, -0.2) is 38.2 Å². The van der Waals surface area contributed by atoms with Crippen LogP contribution in [0.15, 0.2) is 0 Å². The predicted octanol–water partition coefficient (Wildman–Crippen LogP) is 3.77. The number of hydrogen-bond acceptors (Lipinski definition) is 5. The normalized spacial score (nSPS) is 13.0. The summed E-state index contributed by atoms with van der Waals surface area (Å²) < 4.78 is 38.6. The van der Waals surface area contributed by atoms with E-state index in [0.717, 1.165) is 19.3 Å². The Kier molecular flexibility index (Phi) is 16.0. The van der Waals surface area contributed by atoms with Gasteiger partial charge in [-0.1, -0.05) is 84.0 Å². The molecule has 0 radical (unpaired) electrons. The second-order valence-corrected chi connectivity index (χ2v) is 7.78. The van der Waals surface area contributed by atoms with Crippen molar-refractivity contribution in [1.29, 1.82) is 0 Å². The Morgan fingerprint density at radius 1 is 0.885 bits per heavy atom. The van der Waals surface area contributed by atoms with Crippen molar-refractivity contribution in [1.82, 2.24) is 0 Å². The summed E-state index contributed by atoms with van der Waals surface area (Å²) >= 11 is 0. The minimum Gasteiger partial charge on any atom is -0.367 e. The molecule has 0 aromatic heterocycles. The highest BCUT2D eigenvalue weighted by molar-refractivity contribution is 7.80. The third-order valence-corrected chi connectivity index (χ3v) is 4.74. The van der Waals surface area contributed by atoms with Crippen LogP contribution in [0.25, 0.3) is 0 Å². The molecule has 0 rings (SSSR count). The van der Waals surface area contributed by atoms with Crippen LogP contribution in [0.4, 0.5) is 0 Å². The van der Waals surface area contributed by atoms with E-state index in [-0.39, 0.29) is 13.2 Å². The van der Waals surface area contributed by atoms with Crippen molar-refractivity contribution in [2.24, 2.45) is 5.73 Å². The Labute approximate surface area is 159 Å². The first-order valence-electron chi connectivity index (χ1n) is 9.89. The van der Waals surface area contributed by atoms with Gasteiger partial charge in [0, 0.05) is 0 Å². The molecule has 0 aliphatic rings. The van der Waals surface area contributed by atoms with E-state index in [0.29, 0.717) is 6.42 Å². The van der Waals surface area contributed by atoms with Crippen LogP contribution < -0.4 is 5.73 Å². The first-order valence-corrected chi connectivity index (χ1v) is 11.3. The van der Waals surface area contributed by atoms with Gasteiger partial charge in [0.15, 0.2) is 0 Å². The molecule has 8 heteroatoms. The van der Waals surface area contributed by atoms with Crippen molar-refractivity contribution in [3.8, 4) is 0 Å². The van der Waals surface area contributed by atoms with Crippen molar-refractivity contribution in [2.75, 3.05) is 13.2 Å². The summed E-state index contributed by atoms with van der Waals surface area (Å²) in [6, 6.07) is 0. The molecule has 3 N–H and O–H groups in total. The van der Waals surface area contributed by atoms with Gasteiger partial charge in [0.05, 0.1) is 13.2 Å². The second-order valence-electron chi connectivity index (χ2n) is 6.69. The molecule has 0 aromatic carbocycles. The molecule has 0 heterocycles. The molecule has 1 atom stereocenters. The van der Waals surface area contributed by atoms with Gasteiger partial charge in [-0.25, -0.2) is 4.18 Å². The second kappa shape index (κ2) is 16.5. The first kappa shape index (κ1) is 25.3. The van der Waals surface area contributed by atoms with Crippen LogP contribution in [0, 0.1) is 0 Å². The molecule has 1 amide bonds. The summed E-state index contributed by atoms with van der Waals surface area (Å²) in [4.78, 5) is 11.3. The summed E-state index contributed by atoms with van der Waals surface area (Å²) in [5.41, 5.74) is 5.27. The van der Waals surface area contributed by atoms with E-state index in [2.05, 4.69) is 11.1 Å². The van der Waals surface area contributed by atoms with E-state index in [1.54, 1.807) is 0 Å². The molecule has 0 aromatic rings. The van der Waals surface area contributed by atoms with Crippen LogP contribution in [0.2, 0.25) is 0 Å². The van der Waals surface area contributed by atoms with Crippen molar-refractivity contribution in [3.05, 3.63) is 0 Å². The minimum atomic E-state index is -4.48. The highest BCUT2D eigenvalue weighted by Crippen LogP contribution is 2.13. The lowest BCUT2D eigenvalue weighted by molar-refractivity contribution is -0.130. The monoisotopic (exact) mass is 395 g/mol. The van der Waals surface area contributed by atoms with Crippen LogP contribution in [-0.2, 0) is 24.1 Å². The van der Waals surface area contributed by atoms with Crippen LogP contribution in [0.3, 0.4) is 0 Å². The van der Waals surface area contributed by atoms with E-state index in [1.807, 2.05) is 0 Å². The van der Waals surface area contributed by atoms with Gasteiger partial charge < -0.3 is 10.5 Å². The number of unbranched alkanes of at least 4 members (excludes halogenated alkanes) is 11. The van der Waals surface area contributed by atoms with Crippen molar-refractivity contribution in [3.63, 3.8) is 0 Å². The maximum atomic E-state index is 11.3. The third kappa shape index (κ3) is 18.1. The summed E-state index contributed by atoms with van der Waals surface area (Å²) in [7, 11) is -4.48. The summed E-state index contributed by atoms with van der Waals surface area (Å²) in [5, 5.41) is 0. The number of carbonyl (C=O) groups excluding carboxylic acids is 1. The minimum absolute atomic E-state index is 0.119. The van der Waals surface area contributed by atoms with Crippen molar-refractivity contribution >= 4 is 16.3 Å². The standard InChI is InChI=1S/C18H37NO6S/c1-2-3-4-5-6-7-8-9-10-11-12-13-14-17(18(19)20)24-15-16-25-26(21,22)23/h17H,2-16H2,1H3,(H2,19,20)(H,21,22,23). The number of amides is 1. The molecular formula is C18H37NO6S. The fraction of sp³-hybridized carbons (Fsp3) is 0.944. The van der Waals surface area contributed by atoms with Crippen LogP contribution in [0.1, 0.15) is 90.4 Å². The fourth-order valence-corrected chi connectivity index (χ4v) is 3.09. The van der Waals surface area contributed by atoms with Crippen LogP contribution in [0.5, 0.6) is 0 Å². The zero-order chi connectivity index (χ0) is 19.7. The lowest BCUT2D eigenvalue weighted by Crippen LogP contribution is -2.32. The molecule has 1 unspecified atom stereocenters. The van der Waals surface area contributed by atoms with Crippen molar-refractivity contribution in [2.45, 2.75) is 96.5 Å². The lowest BCUT2D eigenvalue weighted by Gasteiger charge is -2.14. The number of hydrogen-bond donors (Lipinski definition) is 2. The van der Waals surface area contributed by atoms with Gasteiger partial charge in [-0.2, -0.15) is 8.42 Å². The number of rotatable bonds is 19. The maximum absolute atomic E-state index is 11.3. The van der Waals surface area contributed by atoms with Gasteiger partial charge in [-0.05, 0) is 6.42 Å². The SMILES string of the molecule is CCCCCCCCCCCCCCC(OCCOS(=O)(=O)O)C(N)=O. The quantitative estimate of drug-likeness (QED) is 0.254. The molecule has 0 saturated carbocycles. The predicted molar refractivity (Wildman–Crippen MR) is 102 cm³/mol. The van der Waals surface area contributed by atoms with Gasteiger partial charge in [0.1, 0.15) is 6.10 Å². The Hall–Kier alpha value is -0.700. The van der Waals surface area contributed by atoms with Crippen molar-refractivity contribution < 1.29 is 26.7 Å². The number of carbonyl (C=O) groups is 1. The highest BCUT2D eigenvalue weighted by atomic mass is 32.3. The Morgan fingerprint density at radius 3 is 1.77 bits per heavy atom. The highest BCUT2D eigenvalue weighted by Gasteiger charge is 2.15. The molecule has 0 bridgehead atoms. The van der Waals surface area contributed by atoms with E-state index >= 15 is 0 Å². The molecule has 0 spiro atoms. The molecule has 26 heavy (non-hydrogen) atoms. The number of primary amides is 1. The topological polar surface area (TPSA) is 116 Å². The maximum Gasteiger partial charge on any atom is 0.397 e. The number of nitrogens with two attached hydrogens (primary N) is 1. The summed E-state index contributed by atoms with van der Waals surface area (Å²) in [6.07, 6.45) is 14.6. The largest absolute Gasteiger partial charge is 0.397 e. The van der Waals surface area contributed by atoms with E-state index < -0.39 is 22.4 Å². The average molecular weight is 396 g/mol. The fourth-order valence-electron chi connectivity index (χ4n) is 2.81. The molecule has 0 aliphatic carbocycles. The Morgan fingerprint density at radius 2 is 1.35 bits per heavy atom. The third-order valence-electron chi connectivity index (χ3n) is 4.27. The summed E-state index contributed by atoms with van der Waals surface area (Å²) in [6.45, 7) is 1.77. The average Bonchev–Trinajstić information content (AvgIpc) is 2.56. The molecule has 0 fully saturated rings. The first-order chi connectivity index (χ1) is 12.4. The Bertz CT molecular complexity index is 441. The number of ether oxygens (including phenoxy) is 1. The summed E-state index contributed by atoms with van der Waals surface area (Å²) in [5.74, 6) is -0.570. The Balaban J connectivity index is 3.53. The molecule has 7 nitrogen and oxygen atoms in total. The zero-order valence-corrected chi connectivity index (χ0v) is 17.0. The van der Waals surface area contributed by atoms with Gasteiger partial charge in [-0.15, -0.1) is 0 Å². The lowest BCUT2D eigenvalue weighted by atomic mass is 10.0.